The van der Waals surface area contributed by atoms with Crippen molar-refractivity contribution in [3.63, 3.8) is 0 Å². The topological polar surface area (TPSA) is 53.7 Å². The predicted octanol–water partition coefficient (Wildman–Crippen LogP) is 2.37. The molecule has 17 heavy (non-hydrogen) atoms. The lowest BCUT2D eigenvalue weighted by Crippen LogP contribution is -2.15. The molecule has 0 spiro atoms. The van der Waals surface area contributed by atoms with E-state index in [0.29, 0.717) is 23.4 Å². The molecule has 0 aliphatic heterocycles. The maximum Gasteiger partial charge on any atom is 0.218 e. The smallest absolute Gasteiger partial charge is 0.218 e. The number of aliphatic hydroxyl groups is 1. The van der Waals surface area contributed by atoms with Crippen LogP contribution >= 0.6 is 0 Å². The fraction of sp³-hybridized carbons (Fsp3) is 0.154. The zero-order valence-corrected chi connectivity index (χ0v) is 9.46. The van der Waals surface area contributed by atoms with Crippen LogP contribution in [0.2, 0.25) is 0 Å². The van der Waals surface area contributed by atoms with Gasteiger partial charge in [-0.15, -0.1) is 0 Å². The Morgan fingerprint density at radius 3 is 2.65 bits per heavy atom. The van der Waals surface area contributed by atoms with E-state index in [0.717, 1.165) is 5.69 Å². The van der Waals surface area contributed by atoms with Gasteiger partial charge in [-0.1, -0.05) is 18.2 Å². The molecular formula is C13H13NO3. The van der Waals surface area contributed by atoms with E-state index in [2.05, 4.69) is 0 Å². The Hall–Kier alpha value is -2.07. The molecule has 1 aromatic carbocycles. The highest BCUT2D eigenvalue weighted by Crippen LogP contribution is 2.31. The second kappa shape index (κ2) is 4.84. The average molecular weight is 231 g/mol. The molecule has 0 saturated carbocycles. The molecule has 4 nitrogen and oxygen atoms in total. The lowest BCUT2D eigenvalue weighted by Gasteiger charge is -2.17. The summed E-state index contributed by atoms with van der Waals surface area (Å²) in [5, 5.41) is 9.22. The van der Waals surface area contributed by atoms with Gasteiger partial charge < -0.3 is 9.52 Å². The number of rotatable bonds is 4. The molecule has 4 heteroatoms. The van der Waals surface area contributed by atoms with Gasteiger partial charge >= 0.3 is 0 Å². The van der Waals surface area contributed by atoms with Gasteiger partial charge in [-0.05, 0) is 19.1 Å². The first kappa shape index (κ1) is 11.4. The molecule has 2 rings (SSSR count). The van der Waals surface area contributed by atoms with E-state index >= 15 is 0 Å². The summed E-state index contributed by atoms with van der Waals surface area (Å²) in [6, 6.07) is 9.21. The molecule has 1 heterocycles. The van der Waals surface area contributed by atoms with Gasteiger partial charge in [0, 0.05) is 11.3 Å². The Labute approximate surface area is 99.1 Å². The maximum absolute atomic E-state index is 11.2. The Balaban J connectivity index is 2.49. The van der Waals surface area contributed by atoms with Crippen LogP contribution < -0.4 is 4.90 Å². The summed E-state index contributed by atoms with van der Waals surface area (Å²) in [4.78, 5) is 12.7. The zero-order chi connectivity index (χ0) is 12.3. The zero-order valence-electron chi connectivity index (χ0n) is 9.46. The van der Waals surface area contributed by atoms with Crippen molar-refractivity contribution in [3.05, 3.63) is 47.9 Å². The van der Waals surface area contributed by atoms with Crippen LogP contribution in [0.4, 0.5) is 11.4 Å². The molecule has 0 atom stereocenters. The van der Waals surface area contributed by atoms with Gasteiger partial charge in [-0.3, -0.25) is 9.69 Å². The van der Waals surface area contributed by atoms with E-state index < -0.39 is 0 Å². The van der Waals surface area contributed by atoms with E-state index in [1.165, 1.54) is 11.2 Å². The largest absolute Gasteiger partial charge is 0.467 e. The van der Waals surface area contributed by atoms with Crippen LogP contribution in [0.15, 0.2) is 41.0 Å². The van der Waals surface area contributed by atoms with Crippen molar-refractivity contribution in [2.75, 3.05) is 4.90 Å². The highest BCUT2D eigenvalue weighted by molar-refractivity contribution is 5.88. The third-order valence-electron chi connectivity index (χ3n) is 2.57. The molecule has 0 bridgehead atoms. The number of aliphatic hydroxyl groups excluding tert-OH is 1. The van der Waals surface area contributed by atoms with Crippen LogP contribution in [0, 0.1) is 6.92 Å². The molecule has 1 aromatic heterocycles. The van der Waals surface area contributed by atoms with E-state index in [4.69, 9.17) is 4.42 Å². The number of nitrogens with zero attached hydrogens (tertiary/aromatic N) is 1. The van der Waals surface area contributed by atoms with Gasteiger partial charge in [0.25, 0.3) is 0 Å². The summed E-state index contributed by atoms with van der Waals surface area (Å²) >= 11 is 0. The van der Waals surface area contributed by atoms with Gasteiger partial charge in [-0.2, -0.15) is 0 Å². The Kier molecular flexibility index (Phi) is 3.25. The molecule has 0 fully saturated rings. The summed E-state index contributed by atoms with van der Waals surface area (Å²) in [7, 11) is 0. The minimum Gasteiger partial charge on any atom is -0.467 e. The summed E-state index contributed by atoms with van der Waals surface area (Å²) in [5.74, 6) is 0.602. The average Bonchev–Trinajstić information content (AvgIpc) is 2.74. The van der Waals surface area contributed by atoms with Crippen molar-refractivity contribution < 1.29 is 14.3 Å². The molecule has 1 amide bonds. The maximum atomic E-state index is 11.2. The van der Waals surface area contributed by atoms with Crippen LogP contribution in [0.1, 0.15) is 11.3 Å². The minimum atomic E-state index is -0.163. The van der Waals surface area contributed by atoms with E-state index in [1.54, 1.807) is 6.92 Å². The number of aryl methyl sites for hydroxylation is 1. The number of carbonyl (C=O) groups excluding carboxylic acids is 1. The molecule has 0 aliphatic rings. The molecule has 0 unspecified atom stereocenters. The monoisotopic (exact) mass is 231 g/mol. The number of benzene rings is 1. The Morgan fingerprint density at radius 2 is 2.06 bits per heavy atom. The van der Waals surface area contributed by atoms with Crippen LogP contribution in [0.5, 0.6) is 0 Å². The molecule has 0 radical (unpaired) electrons. The predicted molar refractivity (Wildman–Crippen MR) is 64.0 cm³/mol. The van der Waals surface area contributed by atoms with Crippen molar-refractivity contribution in [1.82, 2.24) is 0 Å². The summed E-state index contributed by atoms with van der Waals surface area (Å²) in [6.45, 7) is 1.60. The first-order chi connectivity index (χ1) is 8.27. The van der Waals surface area contributed by atoms with Crippen LogP contribution in [0.25, 0.3) is 0 Å². The third-order valence-corrected chi connectivity index (χ3v) is 2.57. The highest BCUT2D eigenvalue weighted by Gasteiger charge is 2.17. The first-order valence-corrected chi connectivity index (χ1v) is 5.25. The highest BCUT2D eigenvalue weighted by atomic mass is 16.3. The third kappa shape index (κ3) is 2.07. The number of anilines is 2. The van der Waals surface area contributed by atoms with E-state index in [1.807, 2.05) is 30.3 Å². The number of para-hydroxylation sites is 1. The fourth-order valence-electron chi connectivity index (χ4n) is 1.77. The number of carbonyl (C=O) groups is 1. The van der Waals surface area contributed by atoms with Crippen molar-refractivity contribution in [2.24, 2.45) is 0 Å². The molecule has 2 aromatic rings. The number of amides is 1. The Morgan fingerprint density at radius 1 is 1.35 bits per heavy atom. The van der Waals surface area contributed by atoms with Gasteiger partial charge in [0.15, 0.2) is 0 Å². The molecule has 88 valence electrons. The lowest BCUT2D eigenvalue weighted by molar-refractivity contribution is -0.106. The van der Waals surface area contributed by atoms with Crippen molar-refractivity contribution >= 4 is 17.8 Å². The second-order valence-electron chi connectivity index (χ2n) is 3.63. The fourth-order valence-corrected chi connectivity index (χ4v) is 1.77. The van der Waals surface area contributed by atoms with Crippen LogP contribution in [-0.4, -0.2) is 11.5 Å². The minimum absolute atomic E-state index is 0.163. The molecule has 0 saturated heterocycles. The molecule has 1 N–H and O–H groups in total. The quantitative estimate of drug-likeness (QED) is 0.822. The SMILES string of the molecule is Cc1occ(CO)c1N(C=O)c1ccccc1. The molecule has 0 aliphatic carbocycles. The van der Waals surface area contributed by atoms with Gasteiger partial charge in [0.05, 0.1) is 18.6 Å². The van der Waals surface area contributed by atoms with Crippen LogP contribution in [0.3, 0.4) is 0 Å². The van der Waals surface area contributed by atoms with Gasteiger partial charge in [0.1, 0.15) is 5.76 Å². The van der Waals surface area contributed by atoms with Gasteiger partial charge in [0.2, 0.25) is 6.41 Å². The first-order valence-electron chi connectivity index (χ1n) is 5.25. The number of hydrogen-bond acceptors (Lipinski definition) is 3. The second-order valence-corrected chi connectivity index (χ2v) is 3.63. The van der Waals surface area contributed by atoms with Crippen molar-refractivity contribution in [2.45, 2.75) is 13.5 Å². The summed E-state index contributed by atoms with van der Waals surface area (Å²) < 4.78 is 5.23. The van der Waals surface area contributed by atoms with Crippen LogP contribution in [-0.2, 0) is 11.4 Å². The number of furan rings is 1. The lowest BCUT2D eigenvalue weighted by atomic mass is 10.2. The van der Waals surface area contributed by atoms with E-state index in [9.17, 15) is 9.90 Å². The standard InChI is InChI=1S/C13H13NO3/c1-10-13(11(7-15)8-17-10)14(9-16)12-5-3-2-4-6-12/h2-6,8-9,15H,7H2,1H3. The summed E-state index contributed by atoms with van der Waals surface area (Å²) in [5.41, 5.74) is 1.94. The molecular weight excluding hydrogens is 218 g/mol. The summed E-state index contributed by atoms with van der Waals surface area (Å²) in [6.07, 6.45) is 2.18. The van der Waals surface area contributed by atoms with Crippen molar-refractivity contribution in [3.8, 4) is 0 Å². The normalized spacial score (nSPS) is 10.2. The van der Waals surface area contributed by atoms with Crippen molar-refractivity contribution in [1.29, 1.82) is 0 Å². The number of hydrogen-bond donors (Lipinski definition) is 1. The van der Waals surface area contributed by atoms with E-state index in [-0.39, 0.29) is 6.61 Å². The Bertz CT molecular complexity index is 505. The van der Waals surface area contributed by atoms with Gasteiger partial charge in [-0.25, -0.2) is 0 Å².